The van der Waals surface area contributed by atoms with Crippen LogP contribution in [0.15, 0.2) is 0 Å². The lowest BCUT2D eigenvalue weighted by Crippen LogP contribution is -2.05. The van der Waals surface area contributed by atoms with Gasteiger partial charge in [0.25, 0.3) is 0 Å². The highest BCUT2D eigenvalue weighted by atomic mass is 31.3. The Hall–Kier alpha value is -1.33. The fourth-order valence-corrected chi connectivity index (χ4v) is 1.67. The molecular weight excluding hydrogens is 294 g/mol. The molecule has 0 saturated heterocycles. The molecule has 0 radical (unpaired) electrons. The van der Waals surface area contributed by atoms with E-state index in [9.17, 15) is 9.13 Å². The van der Waals surface area contributed by atoms with Gasteiger partial charge in [0.2, 0.25) is 17.8 Å². The highest BCUT2D eigenvalue weighted by Crippen LogP contribution is 2.53. The summed E-state index contributed by atoms with van der Waals surface area (Å²) < 4.78 is 22.2. The molecule has 0 aromatic carbocycles. The van der Waals surface area contributed by atoms with Crippen molar-refractivity contribution in [2.24, 2.45) is 0 Å². The summed E-state index contributed by atoms with van der Waals surface area (Å²) in [5, 5.41) is 0. The SMILES string of the molecule is Nc1nc(N)nc(N)n1.O=P(O)(O)OP(=O)(O)O. The predicted molar refractivity (Wildman–Crippen MR) is 58.2 cm³/mol. The van der Waals surface area contributed by atoms with E-state index in [1.807, 2.05) is 0 Å². The molecule has 0 aliphatic carbocycles. The molecule has 10 N–H and O–H groups in total. The van der Waals surface area contributed by atoms with E-state index in [0.717, 1.165) is 0 Å². The van der Waals surface area contributed by atoms with Gasteiger partial charge in [-0.15, -0.1) is 0 Å². The van der Waals surface area contributed by atoms with Crippen LogP contribution in [-0.2, 0) is 13.4 Å². The lowest BCUT2D eigenvalue weighted by atomic mass is 10.9. The predicted octanol–water partition coefficient (Wildman–Crippen LogP) is -2.19. The smallest absolute Gasteiger partial charge is 0.368 e. The third kappa shape index (κ3) is 9.86. The van der Waals surface area contributed by atoms with Crippen molar-refractivity contribution >= 4 is 33.5 Å². The fourth-order valence-electron chi connectivity index (χ4n) is 0.566. The number of nitrogen functional groups attached to an aromatic ring is 3. The number of hydrogen-bond donors (Lipinski definition) is 7. The van der Waals surface area contributed by atoms with Crippen LogP contribution in [-0.4, -0.2) is 34.5 Å². The van der Waals surface area contributed by atoms with Crippen LogP contribution in [0.5, 0.6) is 0 Å². The van der Waals surface area contributed by atoms with Gasteiger partial charge in [0.1, 0.15) is 0 Å². The van der Waals surface area contributed by atoms with E-state index >= 15 is 0 Å². The van der Waals surface area contributed by atoms with Crippen molar-refractivity contribution in [1.82, 2.24) is 15.0 Å². The number of nitrogens with two attached hydrogens (primary N) is 3. The van der Waals surface area contributed by atoms with Crippen LogP contribution in [0.1, 0.15) is 0 Å². The third-order valence-electron chi connectivity index (χ3n) is 0.900. The molecule has 1 rings (SSSR count). The number of aromatic nitrogens is 3. The molecule has 0 atom stereocenters. The van der Waals surface area contributed by atoms with Crippen molar-refractivity contribution in [3.05, 3.63) is 0 Å². The first-order chi connectivity index (χ1) is 7.89. The summed E-state index contributed by atoms with van der Waals surface area (Å²) in [7, 11) is -10.1. The van der Waals surface area contributed by atoms with Gasteiger partial charge in [-0.3, -0.25) is 0 Å². The number of hydrogen-bond acceptors (Lipinski definition) is 9. The summed E-state index contributed by atoms with van der Waals surface area (Å²) in [6.45, 7) is 0. The van der Waals surface area contributed by atoms with Crippen LogP contribution < -0.4 is 17.2 Å². The molecule has 0 amide bonds. The molecule has 0 bridgehead atoms. The van der Waals surface area contributed by atoms with E-state index in [0.29, 0.717) is 0 Å². The molecule has 13 nitrogen and oxygen atoms in total. The Morgan fingerprint density at radius 1 is 0.778 bits per heavy atom. The maximum atomic E-state index is 9.63. The van der Waals surface area contributed by atoms with Gasteiger partial charge in [-0.25, -0.2) is 9.13 Å². The second-order valence-corrected chi connectivity index (χ2v) is 5.09. The first-order valence-corrected chi connectivity index (χ1v) is 6.80. The molecule has 1 aromatic heterocycles. The second kappa shape index (κ2) is 6.02. The summed E-state index contributed by atoms with van der Waals surface area (Å²) in [6.07, 6.45) is 0. The lowest BCUT2D eigenvalue weighted by molar-refractivity contribution is 0.225. The van der Waals surface area contributed by atoms with E-state index in [2.05, 4.69) is 19.3 Å². The zero-order valence-corrected chi connectivity index (χ0v) is 10.3. The Morgan fingerprint density at radius 3 is 1.11 bits per heavy atom. The maximum absolute atomic E-state index is 9.63. The van der Waals surface area contributed by atoms with Gasteiger partial charge in [-0.1, -0.05) is 0 Å². The zero-order valence-electron chi connectivity index (χ0n) is 8.48. The highest BCUT2D eigenvalue weighted by molar-refractivity contribution is 7.60. The Morgan fingerprint density at radius 2 is 1.00 bits per heavy atom. The Balaban J connectivity index is 0.000000321. The molecule has 0 aliphatic heterocycles. The van der Waals surface area contributed by atoms with Crippen LogP contribution in [0.3, 0.4) is 0 Å². The minimum atomic E-state index is -5.05. The van der Waals surface area contributed by atoms with E-state index in [1.54, 1.807) is 0 Å². The van der Waals surface area contributed by atoms with Crippen LogP contribution in [0, 0.1) is 0 Å². The Labute approximate surface area is 99.5 Å². The van der Waals surface area contributed by atoms with E-state index in [-0.39, 0.29) is 17.8 Å². The molecule has 0 fully saturated rings. The standard InChI is InChI=1S/C3H6N6.H4O7P2/c4-1-7-2(5)9-3(6)8-1;1-8(2,3)7-9(4,5)6/h(H6,4,5,6,7,8,9);(H2,1,2,3)(H2,4,5,6). The molecule has 1 heterocycles. The first kappa shape index (κ1) is 16.7. The molecule has 15 heteroatoms. The van der Waals surface area contributed by atoms with Crippen molar-refractivity contribution in [2.45, 2.75) is 0 Å². The molecule has 104 valence electrons. The van der Waals surface area contributed by atoms with Crippen molar-refractivity contribution in [2.75, 3.05) is 17.2 Å². The first-order valence-electron chi connectivity index (χ1n) is 3.74. The highest BCUT2D eigenvalue weighted by Gasteiger charge is 2.27. The number of nitrogens with zero attached hydrogens (tertiary/aromatic N) is 3. The van der Waals surface area contributed by atoms with Gasteiger partial charge >= 0.3 is 15.6 Å². The summed E-state index contributed by atoms with van der Waals surface area (Å²) in [4.78, 5) is 41.5. The molecule has 0 aliphatic rings. The average molecular weight is 304 g/mol. The molecule has 1 aromatic rings. The zero-order chi connectivity index (χ0) is 14.6. The minimum Gasteiger partial charge on any atom is -0.368 e. The average Bonchev–Trinajstić information content (AvgIpc) is 1.92. The third-order valence-corrected chi connectivity index (χ3v) is 2.60. The van der Waals surface area contributed by atoms with Crippen LogP contribution in [0.2, 0.25) is 0 Å². The van der Waals surface area contributed by atoms with Crippen molar-refractivity contribution < 1.29 is 33.0 Å². The Kier molecular flexibility index (Phi) is 5.57. The van der Waals surface area contributed by atoms with Gasteiger partial charge < -0.3 is 36.8 Å². The minimum absolute atomic E-state index is 0.0417. The molecule has 0 unspecified atom stereocenters. The van der Waals surface area contributed by atoms with Crippen molar-refractivity contribution in [1.29, 1.82) is 0 Å². The number of rotatable bonds is 2. The second-order valence-electron chi connectivity index (χ2n) is 2.47. The van der Waals surface area contributed by atoms with Gasteiger partial charge in [-0.05, 0) is 0 Å². The van der Waals surface area contributed by atoms with Crippen LogP contribution in [0.4, 0.5) is 17.8 Å². The van der Waals surface area contributed by atoms with E-state index < -0.39 is 15.6 Å². The molecule has 18 heavy (non-hydrogen) atoms. The normalized spacial score (nSPS) is 11.6. The molecular formula is C3H10N6O7P2. The summed E-state index contributed by atoms with van der Waals surface area (Å²) in [5.74, 6) is 0.125. The quantitative estimate of drug-likeness (QED) is 0.287. The van der Waals surface area contributed by atoms with E-state index in [1.165, 1.54) is 0 Å². The van der Waals surface area contributed by atoms with Crippen LogP contribution >= 0.6 is 15.6 Å². The van der Waals surface area contributed by atoms with Gasteiger partial charge in [0.05, 0.1) is 0 Å². The number of phosphoric acid groups is 2. The monoisotopic (exact) mass is 304 g/mol. The van der Waals surface area contributed by atoms with Crippen molar-refractivity contribution in [3.63, 3.8) is 0 Å². The van der Waals surface area contributed by atoms with Gasteiger partial charge in [0.15, 0.2) is 0 Å². The van der Waals surface area contributed by atoms with Crippen molar-refractivity contribution in [3.8, 4) is 0 Å². The summed E-state index contributed by atoms with van der Waals surface area (Å²) in [5.41, 5.74) is 15.4. The Bertz CT molecular complexity index is 425. The van der Waals surface area contributed by atoms with E-state index in [4.69, 9.17) is 36.8 Å². The summed E-state index contributed by atoms with van der Waals surface area (Å²) >= 11 is 0. The fraction of sp³-hybridized carbons (Fsp3) is 0. The van der Waals surface area contributed by atoms with Gasteiger partial charge in [0, 0.05) is 0 Å². The number of anilines is 3. The maximum Gasteiger partial charge on any atom is 0.478 e. The summed E-state index contributed by atoms with van der Waals surface area (Å²) in [6, 6.07) is 0. The molecule has 0 saturated carbocycles. The topological polar surface area (TPSA) is 241 Å². The molecule has 0 spiro atoms. The lowest BCUT2D eigenvalue weighted by Gasteiger charge is -2.03. The largest absolute Gasteiger partial charge is 0.478 e. The van der Waals surface area contributed by atoms with Gasteiger partial charge in [-0.2, -0.15) is 19.3 Å². The van der Waals surface area contributed by atoms with Crippen LogP contribution in [0.25, 0.3) is 0 Å².